The fourth-order valence-electron chi connectivity index (χ4n) is 8.31. The highest BCUT2D eigenvalue weighted by atomic mass is 32.2. The van der Waals surface area contributed by atoms with Gasteiger partial charge in [-0.2, -0.15) is 0 Å². The number of benzene rings is 8. The first kappa shape index (κ1) is 34.0. The van der Waals surface area contributed by atoms with Crippen molar-refractivity contribution in [3.63, 3.8) is 0 Å². The van der Waals surface area contributed by atoms with Crippen LogP contribution in [0.3, 0.4) is 0 Å². The lowest BCUT2D eigenvalue weighted by atomic mass is 9.96. The Bertz CT molecular complexity index is 3040. The van der Waals surface area contributed by atoms with Crippen LogP contribution in [-0.4, -0.2) is 14.5 Å². The van der Waals surface area contributed by atoms with Crippen molar-refractivity contribution in [2.45, 2.75) is 9.79 Å². The van der Waals surface area contributed by atoms with Crippen molar-refractivity contribution >= 4 is 22.7 Å². The van der Waals surface area contributed by atoms with E-state index in [4.69, 9.17) is 9.97 Å². The van der Waals surface area contributed by atoms with Crippen LogP contribution in [0, 0.1) is 0 Å². The predicted octanol–water partition coefficient (Wildman–Crippen LogP) is 14.6. The molecule has 0 N–H and O–H groups in total. The third-order valence-corrected chi connectivity index (χ3v) is 12.2. The van der Waals surface area contributed by atoms with Crippen LogP contribution < -0.4 is 0 Å². The molecule has 0 unspecified atom stereocenters. The van der Waals surface area contributed by atoms with Gasteiger partial charge in [0.25, 0.3) is 0 Å². The van der Waals surface area contributed by atoms with Crippen LogP contribution >= 0.6 is 11.8 Å². The Labute approximate surface area is 342 Å². The molecule has 0 saturated carbocycles. The minimum Gasteiger partial charge on any atom is -0.308 e. The molecule has 3 heterocycles. The summed E-state index contributed by atoms with van der Waals surface area (Å²) < 4.78 is 2.51. The van der Waals surface area contributed by atoms with Gasteiger partial charge in [-0.25, -0.2) is 9.97 Å². The predicted molar refractivity (Wildman–Crippen MR) is 241 cm³/mol. The van der Waals surface area contributed by atoms with Crippen LogP contribution in [0.15, 0.2) is 222 Å². The summed E-state index contributed by atoms with van der Waals surface area (Å²) in [5, 5.41) is 1.25. The van der Waals surface area contributed by atoms with Gasteiger partial charge >= 0.3 is 0 Å². The lowest BCUT2D eigenvalue weighted by Crippen LogP contribution is -1.99. The average Bonchev–Trinajstić information content (AvgIpc) is 3.57. The number of para-hydroxylation sites is 1. The molecule has 1 aliphatic heterocycles. The van der Waals surface area contributed by atoms with Crippen molar-refractivity contribution in [1.82, 2.24) is 14.5 Å². The summed E-state index contributed by atoms with van der Waals surface area (Å²) in [5.74, 6) is 0.715. The Kier molecular flexibility index (Phi) is 8.41. The molecule has 0 aliphatic carbocycles. The van der Waals surface area contributed by atoms with Crippen LogP contribution in [0.4, 0.5) is 0 Å². The molecular formula is C54H35N3S. The molecule has 4 heteroatoms. The molecule has 0 fully saturated rings. The van der Waals surface area contributed by atoms with E-state index in [9.17, 15) is 0 Å². The number of hydrogen-bond donors (Lipinski definition) is 0. The van der Waals surface area contributed by atoms with Crippen molar-refractivity contribution in [2.24, 2.45) is 0 Å². The minimum atomic E-state index is 0.715. The van der Waals surface area contributed by atoms with Crippen LogP contribution in [0.5, 0.6) is 0 Å². The van der Waals surface area contributed by atoms with E-state index < -0.39 is 0 Å². The Morgan fingerprint density at radius 3 is 1.50 bits per heavy atom. The minimum absolute atomic E-state index is 0.715. The first-order valence-electron chi connectivity index (χ1n) is 19.6. The van der Waals surface area contributed by atoms with Gasteiger partial charge in [-0.15, -0.1) is 0 Å². The second-order valence-corrected chi connectivity index (χ2v) is 15.6. The molecule has 272 valence electrons. The lowest BCUT2D eigenvalue weighted by Gasteiger charge is -2.16. The summed E-state index contributed by atoms with van der Waals surface area (Å²) in [7, 11) is 0. The molecule has 1 aliphatic rings. The summed E-state index contributed by atoms with van der Waals surface area (Å²) in [6.07, 6.45) is 0. The third-order valence-electron chi connectivity index (χ3n) is 11.1. The van der Waals surface area contributed by atoms with Crippen LogP contribution in [-0.2, 0) is 0 Å². The van der Waals surface area contributed by atoms with E-state index in [0.717, 1.165) is 44.9 Å². The molecule has 2 aromatic heterocycles. The SMILES string of the molecule is c1ccc(-c2cc(-c3ccc(-c4ccc(-n5c6c(c7cccc(-c8ccccc8)c75)-c5ccccc5Sc5ccccc5-6)cc4)cc3)nc(-c3ccccc3)n2)cc1. The molecule has 0 atom stereocenters. The number of hydrogen-bond acceptors (Lipinski definition) is 3. The zero-order valence-electron chi connectivity index (χ0n) is 31.5. The maximum Gasteiger partial charge on any atom is 0.160 e. The van der Waals surface area contributed by atoms with Crippen molar-refractivity contribution in [1.29, 1.82) is 0 Å². The van der Waals surface area contributed by atoms with E-state index in [2.05, 4.69) is 180 Å². The number of fused-ring (bicyclic) bond motifs is 7. The van der Waals surface area contributed by atoms with Gasteiger partial charge in [-0.3, -0.25) is 0 Å². The molecular weight excluding hydrogens is 723 g/mol. The highest BCUT2D eigenvalue weighted by molar-refractivity contribution is 7.99. The largest absolute Gasteiger partial charge is 0.308 e. The van der Waals surface area contributed by atoms with Gasteiger partial charge in [0.2, 0.25) is 0 Å². The highest BCUT2D eigenvalue weighted by Crippen LogP contribution is 2.53. The van der Waals surface area contributed by atoms with Crippen molar-refractivity contribution in [3.8, 4) is 84.2 Å². The van der Waals surface area contributed by atoms with E-state index in [-0.39, 0.29) is 0 Å². The van der Waals surface area contributed by atoms with Crippen molar-refractivity contribution in [3.05, 3.63) is 212 Å². The second kappa shape index (κ2) is 14.3. The summed E-state index contributed by atoms with van der Waals surface area (Å²) in [6.45, 7) is 0. The summed E-state index contributed by atoms with van der Waals surface area (Å²) in [4.78, 5) is 12.6. The molecule has 8 aromatic carbocycles. The van der Waals surface area contributed by atoms with Gasteiger partial charge in [-0.1, -0.05) is 194 Å². The Morgan fingerprint density at radius 2 is 0.845 bits per heavy atom. The Balaban J connectivity index is 1.03. The summed E-state index contributed by atoms with van der Waals surface area (Å²) in [5.41, 5.74) is 16.9. The summed E-state index contributed by atoms with van der Waals surface area (Å²) >= 11 is 1.85. The number of aromatic nitrogens is 3. The normalized spacial score (nSPS) is 11.7. The van der Waals surface area contributed by atoms with Crippen LogP contribution in [0.2, 0.25) is 0 Å². The average molecular weight is 758 g/mol. The standard InChI is InChI=1S/C54H35N3S/c1-4-15-38(16-5-1)43-23-14-24-46-51-44-21-10-12-25-49(44)58-50-26-13-11-22-45(50)53(51)57(52(43)46)42-33-31-37(32-34-42)36-27-29-40(30-28-36)48-35-47(39-17-6-2-7-18-39)55-54(56-48)41-19-8-3-9-20-41/h1-35H. The van der Waals surface area contributed by atoms with Gasteiger partial charge in [0.1, 0.15) is 0 Å². The molecule has 3 nitrogen and oxygen atoms in total. The molecule has 0 spiro atoms. The first-order valence-corrected chi connectivity index (χ1v) is 20.4. The lowest BCUT2D eigenvalue weighted by molar-refractivity contribution is 1.13. The van der Waals surface area contributed by atoms with Gasteiger partial charge in [0.15, 0.2) is 5.82 Å². The van der Waals surface area contributed by atoms with Gasteiger partial charge in [0, 0.05) is 54.2 Å². The zero-order chi connectivity index (χ0) is 38.4. The van der Waals surface area contributed by atoms with E-state index >= 15 is 0 Å². The molecule has 10 aromatic rings. The van der Waals surface area contributed by atoms with Gasteiger partial charge < -0.3 is 4.57 Å². The quantitative estimate of drug-likeness (QED) is 0.169. The highest BCUT2D eigenvalue weighted by Gasteiger charge is 2.29. The maximum absolute atomic E-state index is 5.05. The first-order chi connectivity index (χ1) is 28.8. The maximum atomic E-state index is 5.05. The van der Waals surface area contributed by atoms with Gasteiger partial charge in [-0.05, 0) is 52.6 Å². The fraction of sp³-hybridized carbons (Fsp3) is 0. The fourth-order valence-corrected chi connectivity index (χ4v) is 9.40. The topological polar surface area (TPSA) is 30.7 Å². The van der Waals surface area contributed by atoms with E-state index in [1.165, 1.54) is 54.2 Å². The summed E-state index contributed by atoms with van der Waals surface area (Å²) in [6, 6.07) is 75.7. The molecule has 58 heavy (non-hydrogen) atoms. The van der Waals surface area contributed by atoms with E-state index in [1.807, 2.05) is 48.2 Å². The third kappa shape index (κ3) is 5.94. The Morgan fingerprint density at radius 1 is 0.362 bits per heavy atom. The van der Waals surface area contributed by atoms with Crippen LogP contribution in [0.25, 0.3) is 95.1 Å². The molecule has 0 saturated heterocycles. The number of rotatable bonds is 6. The second-order valence-electron chi connectivity index (χ2n) is 14.5. The van der Waals surface area contributed by atoms with Crippen molar-refractivity contribution in [2.75, 3.05) is 0 Å². The van der Waals surface area contributed by atoms with E-state index in [0.29, 0.717) is 5.82 Å². The van der Waals surface area contributed by atoms with E-state index in [1.54, 1.807) is 0 Å². The smallest absolute Gasteiger partial charge is 0.160 e. The molecule has 0 amide bonds. The molecule has 0 bridgehead atoms. The monoisotopic (exact) mass is 757 g/mol. The van der Waals surface area contributed by atoms with Gasteiger partial charge in [0.05, 0.1) is 22.6 Å². The van der Waals surface area contributed by atoms with Crippen LogP contribution in [0.1, 0.15) is 0 Å². The zero-order valence-corrected chi connectivity index (χ0v) is 32.3. The van der Waals surface area contributed by atoms with Crippen molar-refractivity contribution < 1.29 is 0 Å². The number of nitrogens with zero attached hydrogens (tertiary/aromatic N) is 3. The Hall–Kier alpha value is -7.27. The molecule has 0 radical (unpaired) electrons. The molecule has 11 rings (SSSR count).